The zero-order valence-corrected chi connectivity index (χ0v) is 6.37. The molecule has 0 aromatic heterocycles. The van der Waals surface area contributed by atoms with Crippen molar-refractivity contribution in [1.29, 1.82) is 0 Å². The lowest BCUT2D eigenvalue weighted by Crippen LogP contribution is -1.89. The molecule has 1 rings (SSSR count). The maximum atomic E-state index is 10.2. The Labute approximate surface area is 65.5 Å². The van der Waals surface area contributed by atoms with Crippen molar-refractivity contribution in [2.45, 2.75) is 13.3 Å². The number of carbonyl (C=O) groups is 1. The van der Waals surface area contributed by atoms with E-state index in [4.69, 9.17) is 5.11 Å². The molecule has 0 unspecified atom stereocenters. The minimum atomic E-state index is 0.215. The van der Waals surface area contributed by atoms with Gasteiger partial charge in [0.2, 0.25) is 0 Å². The van der Waals surface area contributed by atoms with E-state index in [2.05, 4.69) is 0 Å². The second kappa shape index (κ2) is 3.19. The Morgan fingerprint density at radius 2 is 2.27 bits per heavy atom. The van der Waals surface area contributed by atoms with E-state index < -0.39 is 0 Å². The molecule has 1 aromatic rings. The number of rotatable bonds is 2. The third-order valence-corrected chi connectivity index (χ3v) is 1.64. The van der Waals surface area contributed by atoms with E-state index >= 15 is 0 Å². The van der Waals surface area contributed by atoms with Gasteiger partial charge in [-0.25, -0.2) is 0 Å². The Morgan fingerprint density at radius 1 is 1.55 bits per heavy atom. The number of carbonyl (C=O) groups excluding carboxylic acids is 1. The molecule has 1 N–H and O–H groups in total. The number of phenolic OH excluding ortho intramolecular Hbond substituents is 1. The van der Waals surface area contributed by atoms with E-state index in [9.17, 15) is 4.79 Å². The van der Waals surface area contributed by atoms with E-state index in [1.165, 1.54) is 0 Å². The van der Waals surface area contributed by atoms with Gasteiger partial charge in [-0.05, 0) is 30.2 Å². The number of aryl methyl sites for hydroxylation is 1. The maximum Gasteiger partial charge on any atom is 0.124 e. The van der Waals surface area contributed by atoms with Crippen molar-refractivity contribution in [3.05, 3.63) is 29.3 Å². The molecule has 0 aliphatic heterocycles. The van der Waals surface area contributed by atoms with Crippen LogP contribution in [0, 0.1) is 6.92 Å². The molecular formula is C9H10O2. The number of aldehydes is 1. The molecule has 0 amide bonds. The molecule has 1 aromatic carbocycles. The monoisotopic (exact) mass is 150 g/mol. The van der Waals surface area contributed by atoms with Gasteiger partial charge in [-0.1, -0.05) is 6.07 Å². The maximum absolute atomic E-state index is 10.2. The Bertz CT molecular complexity index is 266. The lowest BCUT2D eigenvalue weighted by atomic mass is 10.1. The lowest BCUT2D eigenvalue weighted by Gasteiger charge is -2.00. The van der Waals surface area contributed by atoms with E-state index in [1.54, 1.807) is 18.2 Å². The minimum Gasteiger partial charge on any atom is -0.508 e. The number of phenols is 1. The molecular weight excluding hydrogens is 140 g/mol. The standard InChI is InChI=1S/C9H10O2/c1-7-2-3-9(11)6-8(7)4-5-10/h2-3,5-6,11H,4H2,1H3. The number of hydrogen-bond acceptors (Lipinski definition) is 2. The Balaban J connectivity index is 3.01. The molecule has 2 nitrogen and oxygen atoms in total. The smallest absolute Gasteiger partial charge is 0.124 e. The second-order valence-corrected chi connectivity index (χ2v) is 2.48. The van der Waals surface area contributed by atoms with Crippen LogP contribution in [0.1, 0.15) is 11.1 Å². The summed E-state index contributed by atoms with van der Waals surface area (Å²) in [6.07, 6.45) is 1.21. The zero-order chi connectivity index (χ0) is 8.27. The topological polar surface area (TPSA) is 37.3 Å². The molecule has 0 spiro atoms. The molecule has 0 aliphatic rings. The lowest BCUT2D eigenvalue weighted by molar-refractivity contribution is -0.107. The molecule has 11 heavy (non-hydrogen) atoms. The first-order valence-corrected chi connectivity index (χ1v) is 3.46. The van der Waals surface area contributed by atoms with Crippen LogP contribution in [-0.4, -0.2) is 11.4 Å². The van der Waals surface area contributed by atoms with Crippen LogP contribution in [0.4, 0.5) is 0 Å². The van der Waals surface area contributed by atoms with Gasteiger partial charge in [-0.15, -0.1) is 0 Å². The first-order valence-electron chi connectivity index (χ1n) is 3.46. The van der Waals surface area contributed by atoms with Crippen LogP contribution < -0.4 is 0 Å². The first-order chi connectivity index (χ1) is 5.24. The predicted molar refractivity (Wildman–Crippen MR) is 42.6 cm³/mol. The van der Waals surface area contributed by atoms with E-state index in [-0.39, 0.29) is 5.75 Å². The molecule has 0 aliphatic carbocycles. The first kappa shape index (κ1) is 7.79. The van der Waals surface area contributed by atoms with Crippen molar-refractivity contribution < 1.29 is 9.90 Å². The minimum absolute atomic E-state index is 0.215. The number of benzene rings is 1. The van der Waals surface area contributed by atoms with E-state index in [1.807, 2.05) is 6.92 Å². The van der Waals surface area contributed by atoms with Crippen molar-refractivity contribution in [2.24, 2.45) is 0 Å². The highest BCUT2D eigenvalue weighted by Crippen LogP contribution is 2.15. The predicted octanol–water partition coefficient (Wildman–Crippen LogP) is 1.44. The highest BCUT2D eigenvalue weighted by atomic mass is 16.3. The van der Waals surface area contributed by atoms with Gasteiger partial charge in [-0.3, -0.25) is 0 Å². The van der Waals surface area contributed by atoms with Gasteiger partial charge in [0.05, 0.1) is 0 Å². The van der Waals surface area contributed by atoms with Gasteiger partial charge in [-0.2, -0.15) is 0 Å². The van der Waals surface area contributed by atoms with Crippen LogP contribution in [-0.2, 0) is 11.2 Å². The summed E-state index contributed by atoms with van der Waals surface area (Å²) in [5.74, 6) is 0.215. The Hall–Kier alpha value is -1.31. The summed E-state index contributed by atoms with van der Waals surface area (Å²) in [6, 6.07) is 5.03. The molecule has 2 heteroatoms. The molecule has 0 saturated carbocycles. The summed E-state index contributed by atoms with van der Waals surface area (Å²) in [4.78, 5) is 10.2. The van der Waals surface area contributed by atoms with Crippen LogP contribution in [0.25, 0.3) is 0 Å². The fourth-order valence-corrected chi connectivity index (χ4v) is 0.968. The highest BCUT2D eigenvalue weighted by Gasteiger charge is 1.97. The van der Waals surface area contributed by atoms with Crippen molar-refractivity contribution in [1.82, 2.24) is 0 Å². The molecule has 0 heterocycles. The van der Waals surface area contributed by atoms with Crippen molar-refractivity contribution in [2.75, 3.05) is 0 Å². The van der Waals surface area contributed by atoms with E-state index in [0.29, 0.717) is 6.42 Å². The van der Waals surface area contributed by atoms with Gasteiger partial charge < -0.3 is 9.90 Å². The van der Waals surface area contributed by atoms with Crippen molar-refractivity contribution in [3.8, 4) is 5.75 Å². The summed E-state index contributed by atoms with van der Waals surface area (Å²) in [5, 5.41) is 9.05. The number of aromatic hydroxyl groups is 1. The molecule has 0 fully saturated rings. The van der Waals surface area contributed by atoms with Crippen LogP contribution in [0.5, 0.6) is 5.75 Å². The van der Waals surface area contributed by atoms with Crippen molar-refractivity contribution >= 4 is 6.29 Å². The summed E-state index contributed by atoms with van der Waals surface area (Å²) >= 11 is 0. The fourth-order valence-electron chi connectivity index (χ4n) is 0.968. The Kier molecular flexibility index (Phi) is 2.26. The summed E-state index contributed by atoms with van der Waals surface area (Å²) in [5.41, 5.74) is 1.93. The molecule has 0 atom stereocenters. The van der Waals surface area contributed by atoms with Gasteiger partial charge in [0, 0.05) is 6.42 Å². The number of hydrogen-bond donors (Lipinski definition) is 1. The van der Waals surface area contributed by atoms with Crippen LogP contribution in [0.2, 0.25) is 0 Å². The third kappa shape index (κ3) is 1.80. The average molecular weight is 150 g/mol. The highest BCUT2D eigenvalue weighted by molar-refractivity contribution is 5.56. The third-order valence-electron chi connectivity index (χ3n) is 1.64. The zero-order valence-electron chi connectivity index (χ0n) is 6.37. The average Bonchev–Trinajstić information content (AvgIpc) is 1.98. The SMILES string of the molecule is Cc1ccc(O)cc1CC=O. The summed E-state index contributed by atoms with van der Waals surface area (Å²) in [6.45, 7) is 1.91. The van der Waals surface area contributed by atoms with Crippen LogP contribution in [0.15, 0.2) is 18.2 Å². The normalized spacial score (nSPS) is 9.55. The quantitative estimate of drug-likeness (QED) is 0.648. The van der Waals surface area contributed by atoms with Crippen LogP contribution >= 0.6 is 0 Å². The molecule has 0 saturated heterocycles. The van der Waals surface area contributed by atoms with Gasteiger partial charge >= 0.3 is 0 Å². The summed E-state index contributed by atoms with van der Waals surface area (Å²) in [7, 11) is 0. The van der Waals surface area contributed by atoms with Crippen molar-refractivity contribution in [3.63, 3.8) is 0 Å². The van der Waals surface area contributed by atoms with Gasteiger partial charge in [0.1, 0.15) is 12.0 Å². The van der Waals surface area contributed by atoms with E-state index in [0.717, 1.165) is 17.4 Å². The second-order valence-electron chi connectivity index (χ2n) is 2.48. The van der Waals surface area contributed by atoms with Gasteiger partial charge in [0.25, 0.3) is 0 Å². The molecule has 0 bridgehead atoms. The molecule has 0 radical (unpaired) electrons. The largest absolute Gasteiger partial charge is 0.508 e. The Morgan fingerprint density at radius 3 is 2.91 bits per heavy atom. The van der Waals surface area contributed by atoms with Crippen LogP contribution in [0.3, 0.4) is 0 Å². The molecule has 58 valence electrons. The van der Waals surface area contributed by atoms with Gasteiger partial charge in [0.15, 0.2) is 0 Å². The fraction of sp³-hybridized carbons (Fsp3) is 0.222. The summed E-state index contributed by atoms with van der Waals surface area (Å²) < 4.78 is 0.